The van der Waals surface area contributed by atoms with Crippen LogP contribution in [0.25, 0.3) is 0 Å². The van der Waals surface area contributed by atoms with Gasteiger partial charge in [-0.3, -0.25) is 9.69 Å². The predicted octanol–water partition coefficient (Wildman–Crippen LogP) is 0.949. The van der Waals surface area contributed by atoms with E-state index in [0.717, 1.165) is 25.9 Å². The van der Waals surface area contributed by atoms with Gasteiger partial charge in [-0.15, -0.1) is 11.8 Å². The zero-order valence-electron chi connectivity index (χ0n) is 7.92. The quantitative estimate of drug-likeness (QED) is 0.659. The Kier molecular flexibility index (Phi) is 3.78. The monoisotopic (exact) mass is 181 g/mol. The molecule has 0 saturated carbocycles. The summed E-state index contributed by atoms with van der Waals surface area (Å²) in [7, 11) is 0. The number of aliphatic carboxylic acids is 1. The molecule has 3 heteroatoms. The summed E-state index contributed by atoms with van der Waals surface area (Å²) in [4.78, 5) is 12.9. The van der Waals surface area contributed by atoms with Crippen LogP contribution in [0.2, 0.25) is 0 Å². The standard InChI is InChI=1S/C10H15NO2/c1-2-3-6-9(10(12)13)11-7-4-5-8-11/h9H,4-8H2,1H3,(H,12,13). The minimum atomic E-state index is -0.746. The molecule has 1 fully saturated rings. The Labute approximate surface area is 78.7 Å². The fourth-order valence-electron chi connectivity index (χ4n) is 1.62. The van der Waals surface area contributed by atoms with Crippen LogP contribution in [0, 0.1) is 11.8 Å². The van der Waals surface area contributed by atoms with Crippen molar-refractivity contribution in [2.24, 2.45) is 0 Å². The molecule has 13 heavy (non-hydrogen) atoms. The van der Waals surface area contributed by atoms with Gasteiger partial charge in [0, 0.05) is 6.42 Å². The zero-order chi connectivity index (χ0) is 9.68. The third-order valence-electron chi connectivity index (χ3n) is 2.34. The van der Waals surface area contributed by atoms with E-state index in [1.165, 1.54) is 0 Å². The Morgan fingerprint density at radius 3 is 2.62 bits per heavy atom. The van der Waals surface area contributed by atoms with Gasteiger partial charge in [-0.1, -0.05) is 0 Å². The highest BCUT2D eigenvalue weighted by atomic mass is 16.4. The minimum absolute atomic E-state index is 0.394. The van der Waals surface area contributed by atoms with Crippen molar-refractivity contribution in [2.45, 2.75) is 32.2 Å². The van der Waals surface area contributed by atoms with Gasteiger partial charge in [0.1, 0.15) is 6.04 Å². The number of likely N-dealkylation sites (tertiary alicyclic amines) is 1. The molecule has 1 saturated heterocycles. The van der Waals surface area contributed by atoms with Crippen molar-refractivity contribution in [2.75, 3.05) is 13.1 Å². The molecule has 0 bridgehead atoms. The molecule has 1 aliphatic rings. The molecule has 1 aliphatic heterocycles. The normalized spacial score (nSPS) is 19.2. The van der Waals surface area contributed by atoms with Gasteiger partial charge < -0.3 is 5.11 Å². The molecule has 1 rings (SSSR count). The van der Waals surface area contributed by atoms with Gasteiger partial charge in [-0.25, -0.2) is 0 Å². The van der Waals surface area contributed by atoms with Gasteiger partial charge in [0.25, 0.3) is 0 Å². The highest BCUT2D eigenvalue weighted by Crippen LogP contribution is 2.13. The van der Waals surface area contributed by atoms with Gasteiger partial charge in [-0.2, -0.15) is 0 Å². The lowest BCUT2D eigenvalue weighted by Gasteiger charge is -2.21. The Morgan fingerprint density at radius 2 is 2.15 bits per heavy atom. The first kappa shape index (κ1) is 10.1. The second-order valence-electron chi connectivity index (χ2n) is 3.23. The molecule has 0 aromatic heterocycles. The Bertz CT molecular complexity index is 233. The largest absolute Gasteiger partial charge is 0.480 e. The summed E-state index contributed by atoms with van der Waals surface area (Å²) in [5.41, 5.74) is 0. The summed E-state index contributed by atoms with van der Waals surface area (Å²) in [6.07, 6.45) is 2.68. The molecular weight excluding hydrogens is 166 g/mol. The maximum atomic E-state index is 10.9. The average Bonchev–Trinajstić information content (AvgIpc) is 2.57. The summed E-state index contributed by atoms with van der Waals surface area (Å²) in [6.45, 7) is 3.55. The molecule has 1 atom stereocenters. The molecular formula is C10H15NO2. The summed E-state index contributed by atoms with van der Waals surface area (Å²) in [6, 6.07) is -0.394. The third kappa shape index (κ3) is 2.74. The van der Waals surface area contributed by atoms with Crippen molar-refractivity contribution < 1.29 is 9.90 Å². The van der Waals surface area contributed by atoms with Crippen molar-refractivity contribution >= 4 is 5.97 Å². The van der Waals surface area contributed by atoms with Crippen LogP contribution >= 0.6 is 0 Å². The van der Waals surface area contributed by atoms with Crippen LogP contribution in [-0.2, 0) is 4.79 Å². The molecule has 0 aliphatic carbocycles. The molecule has 1 heterocycles. The van der Waals surface area contributed by atoms with E-state index in [9.17, 15) is 4.79 Å². The molecule has 0 aromatic carbocycles. The summed E-state index contributed by atoms with van der Waals surface area (Å²) < 4.78 is 0. The van der Waals surface area contributed by atoms with E-state index in [0.29, 0.717) is 6.42 Å². The maximum Gasteiger partial charge on any atom is 0.321 e. The van der Waals surface area contributed by atoms with Crippen LogP contribution in [0.1, 0.15) is 26.2 Å². The van der Waals surface area contributed by atoms with Gasteiger partial charge >= 0.3 is 5.97 Å². The van der Waals surface area contributed by atoms with Crippen molar-refractivity contribution in [3.63, 3.8) is 0 Å². The van der Waals surface area contributed by atoms with Crippen molar-refractivity contribution in [3.8, 4) is 11.8 Å². The van der Waals surface area contributed by atoms with Crippen LogP contribution in [-0.4, -0.2) is 35.1 Å². The van der Waals surface area contributed by atoms with E-state index in [4.69, 9.17) is 5.11 Å². The van der Waals surface area contributed by atoms with E-state index in [1.807, 2.05) is 4.90 Å². The third-order valence-corrected chi connectivity index (χ3v) is 2.34. The Balaban J connectivity index is 2.53. The number of carboxylic acid groups (broad SMARTS) is 1. The number of nitrogens with zero attached hydrogens (tertiary/aromatic N) is 1. The van der Waals surface area contributed by atoms with Crippen LogP contribution in [0.15, 0.2) is 0 Å². The minimum Gasteiger partial charge on any atom is -0.480 e. The van der Waals surface area contributed by atoms with E-state index in [-0.39, 0.29) is 0 Å². The summed E-state index contributed by atoms with van der Waals surface area (Å²) in [5.74, 6) is 4.82. The zero-order valence-corrected chi connectivity index (χ0v) is 7.92. The van der Waals surface area contributed by atoms with Gasteiger partial charge in [-0.05, 0) is 32.9 Å². The van der Waals surface area contributed by atoms with Crippen molar-refractivity contribution in [1.29, 1.82) is 0 Å². The van der Waals surface area contributed by atoms with E-state index < -0.39 is 12.0 Å². The highest BCUT2D eigenvalue weighted by Gasteiger charge is 2.26. The SMILES string of the molecule is CC#CCC(C(=O)O)N1CCCC1. The maximum absolute atomic E-state index is 10.9. The van der Waals surface area contributed by atoms with E-state index in [2.05, 4.69) is 11.8 Å². The average molecular weight is 181 g/mol. The lowest BCUT2D eigenvalue weighted by Crippen LogP contribution is -2.38. The first-order valence-corrected chi connectivity index (χ1v) is 4.62. The lowest BCUT2D eigenvalue weighted by atomic mass is 10.2. The molecule has 3 nitrogen and oxygen atoms in total. The van der Waals surface area contributed by atoms with Gasteiger partial charge in [0.2, 0.25) is 0 Å². The van der Waals surface area contributed by atoms with E-state index >= 15 is 0 Å². The Hall–Kier alpha value is -1.01. The molecule has 1 N–H and O–H groups in total. The fraction of sp³-hybridized carbons (Fsp3) is 0.700. The molecule has 1 unspecified atom stereocenters. The highest BCUT2D eigenvalue weighted by molar-refractivity contribution is 5.74. The first-order valence-electron chi connectivity index (χ1n) is 4.62. The summed E-state index contributed by atoms with van der Waals surface area (Å²) >= 11 is 0. The number of carbonyl (C=O) groups is 1. The molecule has 72 valence electrons. The lowest BCUT2D eigenvalue weighted by molar-refractivity contribution is -0.142. The summed E-state index contributed by atoms with van der Waals surface area (Å²) in [5, 5.41) is 8.95. The van der Waals surface area contributed by atoms with Gasteiger partial charge in [0.15, 0.2) is 0 Å². The number of rotatable bonds is 3. The fourth-order valence-corrected chi connectivity index (χ4v) is 1.62. The second-order valence-corrected chi connectivity index (χ2v) is 3.23. The van der Waals surface area contributed by atoms with Crippen LogP contribution in [0.5, 0.6) is 0 Å². The molecule has 0 radical (unpaired) electrons. The first-order chi connectivity index (χ1) is 6.25. The Morgan fingerprint density at radius 1 is 1.54 bits per heavy atom. The van der Waals surface area contributed by atoms with Crippen LogP contribution < -0.4 is 0 Å². The van der Waals surface area contributed by atoms with Gasteiger partial charge in [0.05, 0.1) is 0 Å². The van der Waals surface area contributed by atoms with Crippen LogP contribution in [0.3, 0.4) is 0 Å². The number of hydrogen-bond acceptors (Lipinski definition) is 2. The molecule has 0 amide bonds. The molecule has 0 aromatic rings. The van der Waals surface area contributed by atoms with Crippen LogP contribution in [0.4, 0.5) is 0 Å². The number of hydrogen-bond donors (Lipinski definition) is 1. The predicted molar refractivity (Wildman–Crippen MR) is 50.3 cm³/mol. The molecule has 0 spiro atoms. The van der Waals surface area contributed by atoms with E-state index in [1.54, 1.807) is 6.92 Å². The van der Waals surface area contributed by atoms with Crippen molar-refractivity contribution in [1.82, 2.24) is 4.90 Å². The smallest absolute Gasteiger partial charge is 0.321 e. The topological polar surface area (TPSA) is 40.5 Å². The second kappa shape index (κ2) is 4.88. The number of carboxylic acids is 1. The van der Waals surface area contributed by atoms with Crippen molar-refractivity contribution in [3.05, 3.63) is 0 Å².